The van der Waals surface area contributed by atoms with Crippen molar-refractivity contribution in [2.75, 3.05) is 14.2 Å². The number of aromatic amines is 2. The number of aryl methyl sites for hydroxylation is 1. The molecule has 136 valence electrons. The van der Waals surface area contributed by atoms with E-state index in [0.717, 1.165) is 0 Å². The van der Waals surface area contributed by atoms with Crippen LogP contribution in [-0.2, 0) is 11.3 Å². The van der Waals surface area contributed by atoms with Crippen LogP contribution < -0.4 is 5.56 Å². The lowest BCUT2D eigenvalue weighted by Crippen LogP contribution is -2.29. The van der Waals surface area contributed by atoms with Gasteiger partial charge in [0, 0.05) is 12.7 Å². The van der Waals surface area contributed by atoms with E-state index in [4.69, 9.17) is 4.74 Å². The lowest BCUT2D eigenvalue weighted by atomic mass is 10.1. The lowest BCUT2D eigenvalue weighted by molar-refractivity contribution is 0.0599. The van der Waals surface area contributed by atoms with Crippen molar-refractivity contribution in [3.63, 3.8) is 0 Å². The number of nitrogens with one attached hydrogen (secondary N) is 2. The summed E-state index contributed by atoms with van der Waals surface area (Å²) in [6, 6.07) is 1.77. The quantitative estimate of drug-likeness (QED) is 0.679. The molecule has 3 aromatic heterocycles. The second kappa shape index (κ2) is 6.75. The topological polar surface area (TPSA) is 108 Å². The standard InChI is InChI=1S/C17H18N4O4S/c1-8-12(17(24)25-4)9(2)18-13(8)16(23)21(3)7-11-19-10-5-6-26-14(10)15(22)20-11/h5-6,18H,7H2,1-4H3,(H,19,20,22). The largest absolute Gasteiger partial charge is 0.465 e. The highest BCUT2D eigenvalue weighted by Crippen LogP contribution is 2.20. The molecule has 0 aliphatic rings. The molecule has 0 spiro atoms. The number of esters is 1. The highest BCUT2D eigenvalue weighted by Gasteiger charge is 2.24. The van der Waals surface area contributed by atoms with Crippen LogP contribution in [-0.4, -0.2) is 45.9 Å². The summed E-state index contributed by atoms with van der Waals surface area (Å²) in [4.78, 5) is 48.1. The maximum atomic E-state index is 12.8. The minimum atomic E-state index is -0.494. The molecular weight excluding hydrogens is 356 g/mol. The van der Waals surface area contributed by atoms with Gasteiger partial charge in [-0.2, -0.15) is 0 Å². The molecule has 0 saturated carbocycles. The molecule has 0 aliphatic heterocycles. The van der Waals surface area contributed by atoms with Crippen molar-refractivity contribution in [3.05, 3.63) is 50.1 Å². The van der Waals surface area contributed by atoms with E-state index in [2.05, 4.69) is 15.0 Å². The van der Waals surface area contributed by atoms with Gasteiger partial charge < -0.3 is 19.6 Å². The Labute approximate surface area is 152 Å². The average molecular weight is 374 g/mol. The fraction of sp³-hybridized carbons (Fsp3) is 0.294. The van der Waals surface area contributed by atoms with Crippen LogP contribution in [0.5, 0.6) is 0 Å². The third-order valence-electron chi connectivity index (χ3n) is 4.14. The second-order valence-electron chi connectivity index (χ2n) is 5.93. The molecule has 0 atom stereocenters. The molecule has 0 radical (unpaired) electrons. The third kappa shape index (κ3) is 3.01. The van der Waals surface area contributed by atoms with Gasteiger partial charge in [0.05, 0.1) is 24.7 Å². The van der Waals surface area contributed by atoms with Crippen molar-refractivity contribution < 1.29 is 14.3 Å². The van der Waals surface area contributed by atoms with Gasteiger partial charge in [0.25, 0.3) is 11.5 Å². The van der Waals surface area contributed by atoms with Crippen molar-refractivity contribution in [2.45, 2.75) is 20.4 Å². The number of hydrogen-bond acceptors (Lipinski definition) is 6. The molecule has 3 aromatic rings. The van der Waals surface area contributed by atoms with Gasteiger partial charge in [-0.15, -0.1) is 11.3 Å². The lowest BCUT2D eigenvalue weighted by Gasteiger charge is -2.16. The first kappa shape index (κ1) is 17.9. The number of rotatable bonds is 4. The molecule has 3 rings (SSSR count). The van der Waals surface area contributed by atoms with Gasteiger partial charge in [-0.3, -0.25) is 9.59 Å². The van der Waals surface area contributed by atoms with E-state index >= 15 is 0 Å². The Balaban J connectivity index is 1.88. The van der Waals surface area contributed by atoms with Gasteiger partial charge in [-0.05, 0) is 30.9 Å². The number of hydrogen-bond donors (Lipinski definition) is 2. The summed E-state index contributed by atoms with van der Waals surface area (Å²) in [5.74, 6) is -0.411. The summed E-state index contributed by atoms with van der Waals surface area (Å²) in [6.07, 6.45) is 0. The van der Waals surface area contributed by atoms with Crippen LogP contribution in [0.3, 0.4) is 0 Å². The zero-order valence-electron chi connectivity index (χ0n) is 14.8. The number of fused-ring (bicyclic) bond motifs is 1. The second-order valence-corrected chi connectivity index (χ2v) is 6.84. The molecule has 1 amide bonds. The zero-order chi connectivity index (χ0) is 19.0. The first-order valence-electron chi connectivity index (χ1n) is 7.82. The summed E-state index contributed by atoms with van der Waals surface area (Å²) in [7, 11) is 2.90. The number of methoxy groups -OCH3 is 1. The molecule has 0 aliphatic carbocycles. The Kier molecular flexibility index (Phi) is 4.64. The van der Waals surface area contributed by atoms with Gasteiger partial charge in [0.15, 0.2) is 0 Å². The molecule has 8 nitrogen and oxygen atoms in total. The van der Waals surface area contributed by atoms with Crippen molar-refractivity contribution in [2.24, 2.45) is 0 Å². The maximum Gasteiger partial charge on any atom is 0.339 e. The van der Waals surface area contributed by atoms with Crippen LogP contribution in [0.4, 0.5) is 0 Å². The molecule has 26 heavy (non-hydrogen) atoms. The SMILES string of the molecule is COC(=O)c1c(C)[nH]c(C(=O)N(C)Cc2nc3ccsc3c(=O)[nH]2)c1C. The van der Waals surface area contributed by atoms with E-state index in [9.17, 15) is 14.4 Å². The normalized spacial score (nSPS) is 10.9. The number of carbonyl (C=O) groups is 2. The van der Waals surface area contributed by atoms with E-state index < -0.39 is 5.97 Å². The summed E-state index contributed by atoms with van der Waals surface area (Å²) >= 11 is 1.32. The molecule has 0 bridgehead atoms. The maximum absolute atomic E-state index is 12.8. The van der Waals surface area contributed by atoms with Gasteiger partial charge >= 0.3 is 5.97 Å². The van der Waals surface area contributed by atoms with Gasteiger partial charge in [-0.1, -0.05) is 0 Å². The van der Waals surface area contributed by atoms with Crippen LogP contribution in [0.25, 0.3) is 10.2 Å². The number of H-pyrrole nitrogens is 2. The van der Waals surface area contributed by atoms with E-state index in [1.54, 1.807) is 32.3 Å². The first-order valence-corrected chi connectivity index (χ1v) is 8.70. The highest BCUT2D eigenvalue weighted by atomic mass is 32.1. The number of amides is 1. The predicted molar refractivity (Wildman–Crippen MR) is 97.6 cm³/mol. The van der Waals surface area contributed by atoms with Gasteiger partial charge in [0.2, 0.25) is 0 Å². The minimum absolute atomic E-state index is 0.130. The molecular formula is C17H18N4O4S. The number of thiophene rings is 1. The van der Waals surface area contributed by atoms with Crippen LogP contribution in [0.1, 0.15) is 37.9 Å². The Hall–Kier alpha value is -2.94. The minimum Gasteiger partial charge on any atom is -0.465 e. The third-order valence-corrected chi connectivity index (χ3v) is 5.04. The van der Waals surface area contributed by atoms with E-state index in [1.165, 1.54) is 23.3 Å². The van der Waals surface area contributed by atoms with Crippen molar-refractivity contribution in [3.8, 4) is 0 Å². The van der Waals surface area contributed by atoms with Crippen molar-refractivity contribution in [1.29, 1.82) is 0 Å². The predicted octanol–water partition coefficient (Wildman–Crippen LogP) is 1.99. The molecule has 2 N–H and O–H groups in total. The Morgan fingerprint density at radius 3 is 2.73 bits per heavy atom. The molecule has 0 fully saturated rings. The van der Waals surface area contributed by atoms with Crippen LogP contribution >= 0.6 is 11.3 Å². The van der Waals surface area contributed by atoms with Gasteiger partial charge in [-0.25, -0.2) is 9.78 Å². The number of aromatic nitrogens is 3. The average Bonchev–Trinajstić information content (AvgIpc) is 3.18. The summed E-state index contributed by atoms with van der Waals surface area (Å²) < 4.78 is 5.32. The Bertz CT molecular complexity index is 1060. The monoisotopic (exact) mass is 374 g/mol. The molecule has 0 aromatic carbocycles. The Morgan fingerprint density at radius 1 is 1.31 bits per heavy atom. The number of ether oxygens (including phenoxy) is 1. The smallest absolute Gasteiger partial charge is 0.339 e. The van der Waals surface area contributed by atoms with E-state index in [0.29, 0.717) is 38.6 Å². The van der Waals surface area contributed by atoms with Crippen LogP contribution in [0, 0.1) is 13.8 Å². The first-order chi connectivity index (χ1) is 12.3. The van der Waals surface area contributed by atoms with Crippen LogP contribution in [0.15, 0.2) is 16.2 Å². The zero-order valence-corrected chi connectivity index (χ0v) is 15.6. The number of nitrogens with zero attached hydrogens (tertiary/aromatic N) is 2. The summed E-state index contributed by atoms with van der Waals surface area (Å²) in [6.45, 7) is 3.53. The van der Waals surface area contributed by atoms with Crippen molar-refractivity contribution >= 4 is 33.4 Å². The van der Waals surface area contributed by atoms with Crippen LogP contribution in [0.2, 0.25) is 0 Å². The van der Waals surface area contributed by atoms with E-state index in [-0.39, 0.29) is 18.0 Å². The fourth-order valence-electron chi connectivity index (χ4n) is 2.86. The fourth-order valence-corrected chi connectivity index (χ4v) is 3.58. The molecule has 0 unspecified atom stereocenters. The molecule has 3 heterocycles. The molecule has 0 saturated heterocycles. The van der Waals surface area contributed by atoms with E-state index in [1.807, 2.05) is 0 Å². The van der Waals surface area contributed by atoms with Gasteiger partial charge in [0.1, 0.15) is 16.2 Å². The van der Waals surface area contributed by atoms with Crippen molar-refractivity contribution in [1.82, 2.24) is 19.9 Å². The Morgan fingerprint density at radius 2 is 2.04 bits per heavy atom. The number of carbonyl (C=O) groups excluding carboxylic acids is 2. The highest BCUT2D eigenvalue weighted by molar-refractivity contribution is 7.17. The summed E-state index contributed by atoms with van der Waals surface area (Å²) in [5, 5.41) is 1.80. The molecule has 9 heteroatoms. The summed E-state index contributed by atoms with van der Waals surface area (Å²) in [5.41, 5.74) is 2.15.